The molecular formula is C11H15FN2. The summed E-state index contributed by atoms with van der Waals surface area (Å²) in [6, 6.07) is 6.76. The molecule has 0 aromatic heterocycles. The van der Waals surface area contributed by atoms with E-state index >= 15 is 0 Å². The van der Waals surface area contributed by atoms with Crippen LogP contribution in [-0.4, -0.2) is 18.1 Å². The zero-order valence-corrected chi connectivity index (χ0v) is 8.12. The Hall–Kier alpha value is -0.930. The van der Waals surface area contributed by atoms with E-state index in [4.69, 9.17) is 5.84 Å². The summed E-state index contributed by atoms with van der Waals surface area (Å²) in [5.41, 5.74) is 1.20. The van der Waals surface area contributed by atoms with Crippen LogP contribution in [0.15, 0.2) is 24.3 Å². The van der Waals surface area contributed by atoms with Gasteiger partial charge in [-0.3, -0.25) is 5.84 Å². The Kier molecular flexibility index (Phi) is 2.79. The summed E-state index contributed by atoms with van der Waals surface area (Å²) in [7, 11) is 0. The van der Waals surface area contributed by atoms with Gasteiger partial charge in [0.2, 0.25) is 0 Å². The molecule has 14 heavy (non-hydrogen) atoms. The Balaban J connectivity index is 2.10. The van der Waals surface area contributed by atoms with Crippen LogP contribution in [-0.2, 0) is 0 Å². The minimum atomic E-state index is -0.172. The Bertz CT molecular complexity index is 297. The van der Waals surface area contributed by atoms with Crippen LogP contribution in [0.3, 0.4) is 0 Å². The normalized spacial score (nSPS) is 23.7. The minimum absolute atomic E-state index is 0.172. The molecule has 0 spiro atoms. The Morgan fingerprint density at radius 1 is 1.29 bits per heavy atom. The SMILES string of the molecule is NN1CCCC(c2ccc(F)cc2)C1. The van der Waals surface area contributed by atoms with Crippen molar-refractivity contribution < 1.29 is 4.39 Å². The Morgan fingerprint density at radius 2 is 2.00 bits per heavy atom. The number of nitrogens with two attached hydrogens (primary N) is 1. The fraction of sp³-hybridized carbons (Fsp3) is 0.455. The average Bonchev–Trinajstić information content (AvgIpc) is 2.19. The molecule has 3 heteroatoms. The lowest BCUT2D eigenvalue weighted by molar-refractivity contribution is 0.213. The monoisotopic (exact) mass is 194 g/mol. The van der Waals surface area contributed by atoms with E-state index < -0.39 is 0 Å². The van der Waals surface area contributed by atoms with Crippen molar-refractivity contribution in [1.82, 2.24) is 5.01 Å². The number of rotatable bonds is 1. The number of halogens is 1. The third-order valence-electron chi connectivity index (χ3n) is 2.79. The van der Waals surface area contributed by atoms with Crippen LogP contribution in [0.1, 0.15) is 24.3 Å². The predicted molar refractivity (Wildman–Crippen MR) is 54.1 cm³/mol. The van der Waals surface area contributed by atoms with Crippen LogP contribution in [0.2, 0.25) is 0 Å². The van der Waals surface area contributed by atoms with E-state index in [9.17, 15) is 4.39 Å². The maximum absolute atomic E-state index is 12.7. The van der Waals surface area contributed by atoms with E-state index in [2.05, 4.69) is 0 Å². The van der Waals surface area contributed by atoms with Gasteiger partial charge in [0, 0.05) is 13.1 Å². The summed E-state index contributed by atoms with van der Waals surface area (Å²) >= 11 is 0. The summed E-state index contributed by atoms with van der Waals surface area (Å²) in [6.45, 7) is 1.85. The number of hydrazine groups is 1. The maximum atomic E-state index is 12.7. The second kappa shape index (κ2) is 4.07. The van der Waals surface area contributed by atoms with Gasteiger partial charge < -0.3 is 0 Å². The van der Waals surface area contributed by atoms with Gasteiger partial charge in [0.1, 0.15) is 5.82 Å². The van der Waals surface area contributed by atoms with Crippen LogP contribution in [0.5, 0.6) is 0 Å². The second-order valence-corrected chi connectivity index (χ2v) is 3.89. The van der Waals surface area contributed by atoms with Gasteiger partial charge in [-0.25, -0.2) is 9.40 Å². The van der Waals surface area contributed by atoms with Crippen LogP contribution in [0.25, 0.3) is 0 Å². The number of nitrogens with zero attached hydrogens (tertiary/aromatic N) is 1. The van der Waals surface area contributed by atoms with Gasteiger partial charge in [-0.1, -0.05) is 12.1 Å². The van der Waals surface area contributed by atoms with Crippen LogP contribution < -0.4 is 5.84 Å². The fourth-order valence-corrected chi connectivity index (χ4v) is 2.01. The van der Waals surface area contributed by atoms with Gasteiger partial charge in [-0.05, 0) is 36.5 Å². The van der Waals surface area contributed by atoms with Crippen LogP contribution in [0.4, 0.5) is 4.39 Å². The van der Waals surface area contributed by atoms with E-state index in [1.807, 2.05) is 17.1 Å². The molecule has 1 aromatic carbocycles. The lowest BCUT2D eigenvalue weighted by Gasteiger charge is -2.29. The van der Waals surface area contributed by atoms with Crippen molar-refractivity contribution in [3.05, 3.63) is 35.6 Å². The Labute approximate surface area is 83.5 Å². The summed E-state index contributed by atoms with van der Waals surface area (Å²) in [4.78, 5) is 0. The summed E-state index contributed by atoms with van der Waals surface area (Å²) in [6.07, 6.45) is 2.28. The first-order valence-electron chi connectivity index (χ1n) is 5.01. The lowest BCUT2D eigenvalue weighted by Crippen LogP contribution is -2.39. The molecule has 2 rings (SSSR count). The molecule has 0 bridgehead atoms. The number of hydrogen-bond acceptors (Lipinski definition) is 2. The van der Waals surface area contributed by atoms with Gasteiger partial charge in [0.15, 0.2) is 0 Å². The van der Waals surface area contributed by atoms with Crippen molar-refractivity contribution in [3.63, 3.8) is 0 Å². The third-order valence-corrected chi connectivity index (χ3v) is 2.79. The number of piperidine rings is 1. The lowest BCUT2D eigenvalue weighted by atomic mass is 9.91. The third kappa shape index (κ3) is 2.11. The highest BCUT2D eigenvalue weighted by molar-refractivity contribution is 5.21. The number of hydrogen-bond donors (Lipinski definition) is 1. The van der Waals surface area contributed by atoms with E-state index in [-0.39, 0.29) is 5.82 Å². The second-order valence-electron chi connectivity index (χ2n) is 3.89. The highest BCUT2D eigenvalue weighted by atomic mass is 19.1. The van der Waals surface area contributed by atoms with Crippen molar-refractivity contribution in [2.45, 2.75) is 18.8 Å². The summed E-state index contributed by atoms with van der Waals surface area (Å²) in [5.74, 6) is 6.05. The molecule has 0 amide bonds. The topological polar surface area (TPSA) is 29.3 Å². The predicted octanol–water partition coefficient (Wildman–Crippen LogP) is 1.88. The molecule has 1 atom stereocenters. The van der Waals surface area contributed by atoms with Crippen LogP contribution in [0, 0.1) is 5.82 Å². The highest BCUT2D eigenvalue weighted by Gasteiger charge is 2.18. The van der Waals surface area contributed by atoms with Crippen molar-refractivity contribution in [2.24, 2.45) is 5.84 Å². The first-order chi connectivity index (χ1) is 6.75. The molecule has 0 aliphatic carbocycles. The van der Waals surface area contributed by atoms with Gasteiger partial charge in [-0.15, -0.1) is 0 Å². The molecule has 1 aliphatic heterocycles. The smallest absolute Gasteiger partial charge is 0.123 e. The van der Waals surface area contributed by atoms with Gasteiger partial charge in [0.25, 0.3) is 0 Å². The maximum Gasteiger partial charge on any atom is 0.123 e. The average molecular weight is 194 g/mol. The van der Waals surface area contributed by atoms with Crippen molar-refractivity contribution >= 4 is 0 Å². The van der Waals surface area contributed by atoms with E-state index in [1.54, 1.807) is 0 Å². The molecule has 2 nitrogen and oxygen atoms in total. The molecule has 76 valence electrons. The van der Waals surface area contributed by atoms with Gasteiger partial charge >= 0.3 is 0 Å². The van der Waals surface area contributed by atoms with Crippen LogP contribution >= 0.6 is 0 Å². The molecule has 1 unspecified atom stereocenters. The first-order valence-corrected chi connectivity index (χ1v) is 5.01. The minimum Gasteiger partial charge on any atom is -0.269 e. The molecular weight excluding hydrogens is 179 g/mol. The zero-order chi connectivity index (χ0) is 9.97. The molecule has 1 aliphatic rings. The summed E-state index contributed by atoms with van der Waals surface area (Å²) < 4.78 is 12.7. The Morgan fingerprint density at radius 3 is 2.64 bits per heavy atom. The molecule has 2 N–H and O–H groups in total. The van der Waals surface area contributed by atoms with Crippen molar-refractivity contribution in [1.29, 1.82) is 0 Å². The largest absolute Gasteiger partial charge is 0.269 e. The molecule has 0 radical (unpaired) electrons. The molecule has 1 heterocycles. The standard InChI is InChI=1S/C11H15FN2/c12-11-5-3-9(4-6-11)10-2-1-7-14(13)8-10/h3-6,10H,1-2,7-8,13H2. The van der Waals surface area contributed by atoms with Crippen molar-refractivity contribution in [3.8, 4) is 0 Å². The van der Waals surface area contributed by atoms with Gasteiger partial charge in [-0.2, -0.15) is 0 Å². The van der Waals surface area contributed by atoms with E-state index in [0.29, 0.717) is 5.92 Å². The summed E-state index contributed by atoms with van der Waals surface area (Å²) in [5, 5.41) is 1.84. The fourth-order valence-electron chi connectivity index (χ4n) is 2.01. The molecule has 1 fully saturated rings. The van der Waals surface area contributed by atoms with Gasteiger partial charge in [0.05, 0.1) is 0 Å². The molecule has 0 saturated carbocycles. The zero-order valence-electron chi connectivity index (χ0n) is 8.12. The quantitative estimate of drug-likeness (QED) is 0.692. The first kappa shape index (κ1) is 9.62. The highest BCUT2D eigenvalue weighted by Crippen LogP contribution is 2.25. The molecule has 1 saturated heterocycles. The number of benzene rings is 1. The van der Waals surface area contributed by atoms with E-state index in [0.717, 1.165) is 25.9 Å². The van der Waals surface area contributed by atoms with Crippen molar-refractivity contribution in [2.75, 3.05) is 13.1 Å². The van der Waals surface area contributed by atoms with E-state index in [1.165, 1.54) is 17.7 Å². The molecule has 1 aromatic rings.